The summed E-state index contributed by atoms with van der Waals surface area (Å²) in [5, 5.41) is 10.0. The molecule has 0 spiro atoms. The van der Waals surface area contributed by atoms with Crippen LogP contribution in [0.3, 0.4) is 0 Å². The molecule has 0 fully saturated rings. The van der Waals surface area contributed by atoms with E-state index in [1.54, 1.807) is 13.8 Å². The Labute approximate surface area is 117 Å². The van der Waals surface area contributed by atoms with Crippen LogP contribution in [0.4, 0.5) is 19.0 Å². The van der Waals surface area contributed by atoms with Crippen molar-refractivity contribution in [2.24, 2.45) is 0 Å². The number of hydrogen-bond acceptors (Lipinski definition) is 5. The number of thiazole rings is 1. The molecule has 20 heavy (non-hydrogen) atoms. The predicted molar refractivity (Wildman–Crippen MR) is 70.0 cm³/mol. The van der Waals surface area contributed by atoms with Gasteiger partial charge in [-0.1, -0.05) is 0 Å². The molecule has 2 aromatic heterocycles. The second-order valence-electron chi connectivity index (χ2n) is 4.75. The summed E-state index contributed by atoms with van der Waals surface area (Å²) in [5.74, 6) is 0.114. The molecule has 4 nitrogen and oxygen atoms in total. The van der Waals surface area contributed by atoms with Crippen molar-refractivity contribution in [2.75, 3.05) is 5.73 Å². The van der Waals surface area contributed by atoms with E-state index in [0.29, 0.717) is 16.9 Å². The van der Waals surface area contributed by atoms with Gasteiger partial charge in [0.2, 0.25) is 0 Å². The topological polar surface area (TPSA) is 72.0 Å². The number of pyridine rings is 1. The minimum atomic E-state index is -4.44. The fourth-order valence-corrected chi connectivity index (χ4v) is 2.28. The van der Waals surface area contributed by atoms with Gasteiger partial charge < -0.3 is 10.8 Å². The van der Waals surface area contributed by atoms with Gasteiger partial charge in [-0.15, -0.1) is 11.3 Å². The average molecular weight is 303 g/mol. The van der Waals surface area contributed by atoms with Crippen LogP contribution in [-0.4, -0.2) is 15.1 Å². The van der Waals surface area contributed by atoms with E-state index in [0.717, 1.165) is 6.20 Å². The summed E-state index contributed by atoms with van der Waals surface area (Å²) >= 11 is 0.485. The van der Waals surface area contributed by atoms with Crippen molar-refractivity contribution in [1.82, 2.24) is 9.97 Å². The van der Waals surface area contributed by atoms with Gasteiger partial charge in [-0.2, -0.15) is 13.2 Å². The molecule has 0 saturated carbocycles. The van der Waals surface area contributed by atoms with Crippen molar-refractivity contribution in [3.05, 3.63) is 28.8 Å². The SMILES string of the molecule is CC(C)(O)c1cc(N)nc(-c2ncc(C(F)(F)F)s2)c1. The van der Waals surface area contributed by atoms with Gasteiger partial charge in [0.15, 0.2) is 0 Å². The number of hydrogen-bond donors (Lipinski definition) is 2. The molecule has 0 saturated heterocycles. The van der Waals surface area contributed by atoms with Gasteiger partial charge in [0.25, 0.3) is 0 Å². The number of nitrogens with zero attached hydrogens (tertiary/aromatic N) is 2. The van der Waals surface area contributed by atoms with Crippen LogP contribution in [-0.2, 0) is 11.8 Å². The summed E-state index contributed by atoms with van der Waals surface area (Å²) < 4.78 is 37.7. The van der Waals surface area contributed by atoms with Crippen molar-refractivity contribution in [3.8, 4) is 10.7 Å². The van der Waals surface area contributed by atoms with Crippen LogP contribution in [0.5, 0.6) is 0 Å². The number of aromatic nitrogens is 2. The molecule has 2 rings (SSSR count). The van der Waals surface area contributed by atoms with E-state index in [2.05, 4.69) is 9.97 Å². The van der Waals surface area contributed by atoms with Crippen LogP contribution < -0.4 is 5.73 Å². The van der Waals surface area contributed by atoms with Crippen LogP contribution >= 0.6 is 11.3 Å². The first kappa shape index (κ1) is 14.7. The van der Waals surface area contributed by atoms with Crippen LogP contribution in [0, 0.1) is 0 Å². The van der Waals surface area contributed by atoms with E-state index < -0.39 is 16.7 Å². The smallest absolute Gasteiger partial charge is 0.386 e. The number of rotatable bonds is 2. The quantitative estimate of drug-likeness (QED) is 0.894. The maximum atomic E-state index is 12.6. The summed E-state index contributed by atoms with van der Waals surface area (Å²) in [4.78, 5) is 6.87. The number of aliphatic hydroxyl groups is 1. The molecule has 0 aliphatic heterocycles. The lowest BCUT2D eigenvalue weighted by Gasteiger charge is -2.18. The summed E-state index contributed by atoms with van der Waals surface area (Å²) in [6.45, 7) is 3.10. The Morgan fingerprint density at radius 2 is 1.90 bits per heavy atom. The van der Waals surface area contributed by atoms with E-state index >= 15 is 0 Å². The van der Waals surface area contributed by atoms with Gasteiger partial charge in [0, 0.05) is 0 Å². The van der Waals surface area contributed by atoms with Crippen molar-refractivity contribution in [2.45, 2.75) is 25.6 Å². The summed E-state index contributed by atoms with van der Waals surface area (Å²) in [6, 6.07) is 2.96. The molecule has 0 radical (unpaired) electrons. The predicted octanol–water partition coefficient (Wildman–Crippen LogP) is 3.03. The minimum absolute atomic E-state index is 0.107. The Hall–Kier alpha value is -1.67. The lowest BCUT2D eigenvalue weighted by atomic mass is 9.98. The van der Waals surface area contributed by atoms with Crippen molar-refractivity contribution in [3.63, 3.8) is 0 Å². The second-order valence-corrected chi connectivity index (χ2v) is 5.78. The Bertz CT molecular complexity index is 632. The van der Waals surface area contributed by atoms with Gasteiger partial charge in [-0.05, 0) is 31.5 Å². The van der Waals surface area contributed by atoms with Gasteiger partial charge in [-0.3, -0.25) is 0 Å². The Kier molecular flexibility index (Phi) is 3.47. The molecule has 0 aromatic carbocycles. The molecule has 0 aliphatic carbocycles. The largest absolute Gasteiger partial charge is 0.427 e. The van der Waals surface area contributed by atoms with Crippen LogP contribution in [0.15, 0.2) is 18.3 Å². The molecule has 3 N–H and O–H groups in total. The number of alkyl halides is 3. The molecule has 0 aliphatic rings. The van der Waals surface area contributed by atoms with Gasteiger partial charge in [0.05, 0.1) is 11.8 Å². The maximum Gasteiger partial charge on any atom is 0.427 e. The monoisotopic (exact) mass is 303 g/mol. The van der Waals surface area contributed by atoms with E-state index in [-0.39, 0.29) is 16.5 Å². The summed E-state index contributed by atoms with van der Waals surface area (Å²) in [7, 11) is 0. The number of halogens is 3. The van der Waals surface area contributed by atoms with Crippen molar-refractivity contribution < 1.29 is 18.3 Å². The first-order valence-electron chi connectivity index (χ1n) is 5.61. The standard InChI is InChI=1S/C12H12F3N3OS/c1-11(2,19)6-3-7(18-9(16)4-6)10-17-5-8(20-10)12(13,14)15/h3-5,19H,1-2H3,(H2,16,18). The van der Waals surface area contributed by atoms with Gasteiger partial charge in [0.1, 0.15) is 21.4 Å². The van der Waals surface area contributed by atoms with Crippen molar-refractivity contribution >= 4 is 17.2 Å². The third kappa shape index (κ3) is 3.07. The molecule has 0 amide bonds. The summed E-state index contributed by atoms with van der Waals surface area (Å²) in [5.41, 5.74) is 5.12. The first-order valence-corrected chi connectivity index (χ1v) is 6.43. The average Bonchev–Trinajstić information content (AvgIpc) is 2.75. The molecule has 0 bridgehead atoms. The summed E-state index contributed by atoms with van der Waals surface area (Å²) in [6.07, 6.45) is -3.68. The third-order valence-corrected chi connectivity index (χ3v) is 3.62. The van der Waals surface area contributed by atoms with Gasteiger partial charge in [-0.25, -0.2) is 9.97 Å². The number of nitrogens with two attached hydrogens (primary N) is 1. The number of nitrogen functional groups attached to an aromatic ring is 1. The third-order valence-electron chi connectivity index (χ3n) is 2.56. The fraction of sp³-hybridized carbons (Fsp3) is 0.333. The van der Waals surface area contributed by atoms with E-state index in [4.69, 9.17) is 5.73 Å². The molecule has 8 heteroatoms. The highest BCUT2D eigenvalue weighted by Crippen LogP contribution is 2.37. The van der Waals surface area contributed by atoms with Gasteiger partial charge >= 0.3 is 6.18 Å². The lowest BCUT2D eigenvalue weighted by Crippen LogP contribution is -2.16. The lowest BCUT2D eigenvalue weighted by molar-refractivity contribution is -0.134. The van der Waals surface area contributed by atoms with E-state index in [1.807, 2.05) is 0 Å². The molecular formula is C12H12F3N3OS. The molecule has 0 atom stereocenters. The molecule has 2 aromatic rings. The van der Waals surface area contributed by atoms with E-state index in [9.17, 15) is 18.3 Å². The zero-order valence-electron chi connectivity index (χ0n) is 10.7. The normalized spacial score (nSPS) is 12.7. The maximum absolute atomic E-state index is 12.6. The Morgan fingerprint density at radius 1 is 1.25 bits per heavy atom. The number of anilines is 1. The highest BCUT2D eigenvalue weighted by Gasteiger charge is 2.33. The van der Waals surface area contributed by atoms with Crippen LogP contribution in [0.25, 0.3) is 10.7 Å². The highest BCUT2D eigenvalue weighted by atomic mass is 32.1. The zero-order valence-corrected chi connectivity index (χ0v) is 11.5. The van der Waals surface area contributed by atoms with Crippen LogP contribution in [0.1, 0.15) is 24.3 Å². The van der Waals surface area contributed by atoms with Crippen LogP contribution in [0.2, 0.25) is 0 Å². The Morgan fingerprint density at radius 3 is 2.40 bits per heavy atom. The van der Waals surface area contributed by atoms with E-state index in [1.165, 1.54) is 12.1 Å². The minimum Gasteiger partial charge on any atom is -0.386 e. The Balaban J connectivity index is 2.48. The fourth-order valence-electron chi connectivity index (χ4n) is 1.54. The molecular weight excluding hydrogens is 291 g/mol. The zero-order chi connectivity index (χ0) is 15.1. The van der Waals surface area contributed by atoms with Crippen molar-refractivity contribution in [1.29, 1.82) is 0 Å². The molecule has 0 unspecified atom stereocenters. The first-order chi connectivity index (χ1) is 9.07. The molecule has 2 heterocycles. The second kappa shape index (κ2) is 4.71. The highest BCUT2D eigenvalue weighted by molar-refractivity contribution is 7.15. The molecule has 108 valence electrons.